The molecule has 18 heavy (non-hydrogen) atoms. The Morgan fingerprint density at radius 1 is 1.22 bits per heavy atom. The van der Waals surface area contributed by atoms with Crippen molar-refractivity contribution in [1.82, 2.24) is 0 Å². The van der Waals surface area contributed by atoms with Crippen molar-refractivity contribution in [2.24, 2.45) is 0 Å². The molecule has 0 atom stereocenters. The van der Waals surface area contributed by atoms with E-state index in [0.29, 0.717) is 5.56 Å². The van der Waals surface area contributed by atoms with Crippen LogP contribution < -0.4 is 0 Å². The Morgan fingerprint density at radius 2 is 1.67 bits per heavy atom. The quantitative estimate of drug-likeness (QED) is 0.667. The minimum absolute atomic E-state index is 0.0577. The molecule has 0 heterocycles. The number of hydrogen-bond acceptors (Lipinski definition) is 5. The van der Waals surface area contributed by atoms with Gasteiger partial charge in [-0.2, -0.15) is 8.42 Å². The lowest BCUT2D eigenvalue weighted by atomic mass is 10.2. The van der Waals surface area contributed by atoms with E-state index in [1.54, 1.807) is 12.1 Å². The molecule has 0 bridgehead atoms. The first-order valence-corrected chi connectivity index (χ1v) is 6.42. The summed E-state index contributed by atoms with van der Waals surface area (Å²) in [6.07, 6.45) is -0.0577. The molecule has 0 aliphatic carbocycles. The van der Waals surface area contributed by atoms with Crippen LogP contribution in [0.5, 0.6) is 0 Å². The van der Waals surface area contributed by atoms with Crippen LogP contribution in [0.15, 0.2) is 30.3 Å². The Balaban J connectivity index is 0.000000411. The highest BCUT2D eigenvalue weighted by molar-refractivity contribution is 7.80. The molecule has 0 radical (unpaired) electrons. The highest BCUT2D eigenvalue weighted by Gasteiger charge is 2.06. The van der Waals surface area contributed by atoms with Gasteiger partial charge in [0.1, 0.15) is 0 Å². The van der Waals surface area contributed by atoms with Crippen molar-refractivity contribution in [2.45, 2.75) is 20.0 Å². The lowest BCUT2D eigenvalue weighted by molar-refractivity contribution is 0.0378. The van der Waals surface area contributed by atoms with Gasteiger partial charge in [0.2, 0.25) is 0 Å². The Kier molecular flexibility index (Phi) is 7.18. The maximum Gasteiger partial charge on any atom is 0.397 e. The molecule has 0 aliphatic rings. The van der Waals surface area contributed by atoms with Crippen LogP contribution in [0.2, 0.25) is 0 Å². The van der Waals surface area contributed by atoms with Gasteiger partial charge in [0.25, 0.3) is 0 Å². The van der Waals surface area contributed by atoms with Crippen LogP contribution in [0.3, 0.4) is 0 Å². The van der Waals surface area contributed by atoms with E-state index >= 15 is 0 Å². The first-order valence-electron chi connectivity index (χ1n) is 5.05. The summed E-state index contributed by atoms with van der Waals surface area (Å²) in [5.41, 5.74) is 0.603. The number of rotatable bonds is 3. The lowest BCUT2D eigenvalue weighted by Gasteiger charge is -2.06. The van der Waals surface area contributed by atoms with Crippen molar-refractivity contribution in [3.05, 3.63) is 35.9 Å². The fourth-order valence-corrected chi connectivity index (χ4v) is 0.856. The molecule has 102 valence electrons. The summed E-state index contributed by atoms with van der Waals surface area (Å²) in [6.45, 7) is 3.67. The monoisotopic (exact) mass is 276 g/mol. The van der Waals surface area contributed by atoms with Gasteiger partial charge < -0.3 is 4.74 Å². The normalized spacial score (nSPS) is 10.5. The van der Waals surface area contributed by atoms with E-state index in [0.717, 1.165) is 7.11 Å². The summed E-state index contributed by atoms with van der Waals surface area (Å²) in [4.78, 5) is 11.2. The smallest absolute Gasteiger partial charge is 0.397 e. The molecule has 0 aliphatic heterocycles. The van der Waals surface area contributed by atoms with E-state index in [2.05, 4.69) is 4.18 Å². The highest BCUT2D eigenvalue weighted by Crippen LogP contribution is 2.02. The molecule has 1 rings (SSSR count). The topological polar surface area (TPSA) is 89.9 Å². The number of ether oxygens (including phenoxy) is 1. The van der Waals surface area contributed by atoms with Crippen LogP contribution in [0.1, 0.15) is 24.2 Å². The van der Waals surface area contributed by atoms with Crippen LogP contribution in [0, 0.1) is 0 Å². The zero-order valence-corrected chi connectivity index (χ0v) is 11.2. The van der Waals surface area contributed by atoms with Crippen LogP contribution in [0.4, 0.5) is 0 Å². The van der Waals surface area contributed by atoms with Gasteiger partial charge in [0.05, 0.1) is 18.8 Å². The molecule has 0 unspecified atom stereocenters. The highest BCUT2D eigenvalue weighted by atomic mass is 32.3. The predicted molar refractivity (Wildman–Crippen MR) is 65.6 cm³/mol. The van der Waals surface area contributed by atoms with Crippen molar-refractivity contribution in [3.8, 4) is 0 Å². The third-order valence-electron chi connectivity index (χ3n) is 1.56. The molecule has 1 N–H and O–H groups in total. The number of esters is 1. The zero-order valence-electron chi connectivity index (χ0n) is 10.4. The number of hydrogen-bond donors (Lipinski definition) is 1. The Labute approximate surface area is 106 Å². The van der Waals surface area contributed by atoms with Crippen molar-refractivity contribution in [1.29, 1.82) is 0 Å². The Hall–Kier alpha value is -1.44. The number of carbonyl (C=O) groups excluding carboxylic acids is 1. The number of benzene rings is 1. The molecule has 1 aromatic rings. The lowest BCUT2D eigenvalue weighted by Crippen LogP contribution is -2.11. The molecule has 7 heteroatoms. The molecule has 0 saturated heterocycles. The fourth-order valence-electron chi connectivity index (χ4n) is 0.856. The SMILES string of the molecule is CC(C)OC(=O)c1ccccc1.COS(=O)(=O)O. The van der Waals surface area contributed by atoms with E-state index < -0.39 is 10.4 Å². The molecule has 0 aromatic heterocycles. The summed E-state index contributed by atoms with van der Waals surface area (Å²) in [6, 6.07) is 8.98. The van der Waals surface area contributed by atoms with Crippen LogP contribution >= 0.6 is 0 Å². The molecule has 6 nitrogen and oxygen atoms in total. The summed E-state index contributed by atoms with van der Waals surface area (Å²) in [7, 11) is -3.29. The zero-order chi connectivity index (χ0) is 14.2. The maximum absolute atomic E-state index is 11.2. The predicted octanol–water partition coefficient (Wildman–Crippen LogP) is 1.69. The van der Waals surface area contributed by atoms with Crippen molar-refractivity contribution < 1.29 is 26.7 Å². The molecule has 0 amide bonds. The van der Waals surface area contributed by atoms with Gasteiger partial charge in [-0.25, -0.2) is 4.79 Å². The van der Waals surface area contributed by atoms with Gasteiger partial charge in [-0.1, -0.05) is 18.2 Å². The average Bonchev–Trinajstić information content (AvgIpc) is 2.29. The van der Waals surface area contributed by atoms with E-state index in [-0.39, 0.29) is 12.1 Å². The number of carbonyl (C=O) groups is 1. The van der Waals surface area contributed by atoms with Crippen LogP contribution in [-0.2, 0) is 19.3 Å². The minimum atomic E-state index is -4.16. The van der Waals surface area contributed by atoms with E-state index in [1.165, 1.54) is 0 Å². The van der Waals surface area contributed by atoms with Crippen LogP contribution in [0.25, 0.3) is 0 Å². The third kappa shape index (κ3) is 8.68. The Morgan fingerprint density at radius 3 is 2.00 bits per heavy atom. The van der Waals surface area contributed by atoms with Gasteiger partial charge in [-0.3, -0.25) is 8.74 Å². The maximum atomic E-state index is 11.2. The second-order valence-corrected chi connectivity index (χ2v) is 4.60. The minimum Gasteiger partial charge on any atom is -0.459 e. The summed E-state index contributed by atoms with van der Waals surface area (Å²) in [5, 5.41) is 0. The van der Waals surface area contributed by atoms with Crippen molar-refractivity contribution in [2.75, 3.05) is 7.11 Å². The molecule has 1 aromatic carbocycles. The van der Waals surface area contributed by atoms with Gasteiger partial charge in [0, 0.05) is 0 Å². The van der Waals surface area contributed by atoms with Crippen molar-refractivity contribution >= 4 is 16.4 Å². The summed E-state index contributed by atoms with van der Waals surface area (Å²) < 4.78 is 34.7. The van der Waals surface area contributed by atoms with Gasteiger partial charge in [-0.15, -0.1) is 0 Å². The largest absolute Gasteiger partial charge is 0.459 e. The van der Waals surface area contributed by atoms with E-state index in [4.69, 9.17) is 9.29 Å². The van der Waals surface area contributed by atoms with Crippen LogP contribution in [-0.4, -0.2) is 32.2 Å². The second-order valence-electron chi connectivity index (χ2n) is 3.41. The van der Waals surface area contributed by atoms with E-state index in [9.17, 15) is 13.2 Å². The first-order chi connectivity index (χ1) is 8.26. The molecule has 0 fully saturated rings. The van der Waals surface area contributed by atoms with E-state index in [1.807, 2.05) is 32.0 Å². The standard InChI is InChI=1S/C10H12O2.CH4O4S/c1-8(2)12-10(11)9-6-4-3-5-7-9;1-5-6(2,3)4/h3-8H,1-2H3;1H3,(H,2,3,4). The van der Waals surface area contributed by atoms with Gasteiger partial charge >= 0.3 is 16.4 Å². The summed E-state index contributed by atoms with van der Waals surface area (Å²) >= 11 is 0. The molecular formula is C11H16O6S. The van der Waals surface area contributed by atoms with Gasteiger partial charge in [0.15, 0.2) is 0 Å². The van der Waals surface area contributed by atoms with Crippen molar-refractivity contribution in [3.63, 3.8) is 0 Å². The van der Waals surface area contributed by atoms with Gasteiger partial charge in [-0.05, 0) is 26.0 Å². The second kappa shape index (κ2) is 7.80. The fraction of sp³-hybridized carbons (Fsp3) is 0.364. The third-order valence-corrected chi connectivity index (χ3v) is 1.98. The Bertz CT molecular complexity index is 452. The summed E-state index contributed by atoms with van der Waals surface area (Å²) in [5.74, 6) is -0.259. The molecular weight excluding hydrogens is 260 g/mol. The first kappa shape index (κ1) is 16.6. The molecule has 0 spiro atoms. The molecule has 0 saturated carbocycles. The average molecular weight is 276 g/mol.